The summed E-state index contributed by atoms with van der Waals surface area (Å²) in [4.78, 5) is 38.6. The van der Waals surface area contributed by atoms with Crippen LogP contribution in [0.15, 0.2) is 66.2 Å². The normalized spacial score (nSPS) is 15.0. The molecule has 4 rings (SSSR count). The Labute approximate surface area is 209 Å². The third kappa shape index (κ3) is 5.02. The summed E-state index contributed by atoms with van der Waals surface area (Å²) in [6.07, 6.45) is 1.29. The van der Waals surface area contributed by atoms with Gasteiger partial charge in [0.15, 0.2) is 0 Å². The molecule has 1 saturated heterocycles. The molecular formula is C24H15Cl3N2O5. The van der Waals surface area contributed by atoms with E-state index in [9.17, 15) is 19.5 Å². The molecular weight excluding hydrogens is 503 g/mol. The molecule has 0 saturated carbocycles. The van der Waals surface area contributed by atoms with Crippen LogP contribution < -0.4 is 15.0 Å². The fourth-order valence-corrected chi connectivity index (χ4v) is 3.81. The number of rotatable bonds is 5. The van der Waals surface area contributed by atoms with Gasteiger partial charge >= 0.3 is 6.03 Å². The van der Waals surface area contributed by atoms with Crippen molar-refractivity contribution in [3.05, 3.63) is 92.4 Å². The van der Waals surface area contributed by atoms with E-state index in [2.05, 4.69) is 5.32 Å². The highest BCUT2D eigenvalue weighted by atomic mass is 35.5. The second-order valence-corrected chi connectivity index (χ2v) is 8.44. The van der Waals surface area contributed by atoms with Gasteiger partial charge in [0, 0.05) is 15.6 Å². The maximum absolute atomic E-state index is 13.0. The molecule has 4 amide bonds. The number of carbonyl (C=O) groups excluding carboxylic acids is 3. The number of anilines is 1. The van der Waals surface area contributed by atoms with Crippen molar-refractivity contribution in [2.75, 3.05) is 4.90 Å². The van der Waals surface area contributed by atoms with Crippen molar-refractivity contribution >= 4 is 64.4 Å². The predicted octanol–water partition coefficient (Wildman–Crippen LogP) is 5.60. The standard InChI is InChI=1S/C24H15Cl3N2O5/c25-15-3-2-14(19(26)11-15)12-34-17-6-4-16(5-7-17)29-23(32)18(22(31)28-24(29)33)9-13-1-8-21(30)20(27)10-13/h1-11,30H,12H2,(H,28,31,33)/b18-9+. The van der Waals surface area contributed by atoms with Gasteiger partial charge in [-0.3, -0.25) is 14.9 Å². The van der Waals surface area contributed by atoms with Gasteiger partial charge in [-0.1, -0.05) is 46.9 Å². The van der Waals surface area contributed by atoms with Crippen molar-refractivity contribution in [2.24, 2.45) is 0 Å². The molecule has 2 N–H and O–H groups in total. The Morgan fingerprint density at radius 2 is 1.65 bits per heavy atom. The molecule has 3 aromatic rings. The summed E-state index contributed by atoms with van der Waals surface area (Å²) in [6.45, 7) is 0.190. The first-order valence-electron chi connectivity index (χ1n) is 9.79. The number of benzene rings is 3. The monoisotopic (exact) mass is 516 g/mol. The van der Waals surface area contributed by atoms with Crippen LogP contribution in [0.4, 0.5) is 10.5 Å². The van der Waals surface area contributed by atoms with Crippen molar-refractivity contribution in [3.8, 4) is 11.5 Å². The minimum Gasteiger partial charge on any atom is -0.506 e. The van der Waals surface area contributed by atoms with Crippen LogP contribution in [-0.4, -0.2) is 23.0 Å². The first-order chi connectivity index (χ1) is 16.2. The zero-order valence-corrected chi connectivity index (χ0v) is 19.5. The highest BCUT2D eigenvalue weighted by Gasteiger charge is 2.36. The van der Waals surface area contributed by atoms with E-state index in [1.165, 1.54) is 36.4 Å². The van der Waals surface area contributed by atoms with Crippen LogP contribution in [0.3, 0.4) is 0 Å². The number of aromatic hydroxyl groups is 1. The zero-order valence-electron chi connectivity index (χ0n) is 17.2. The van der Waals surface area contributed by atoms with Gasteiger partial charge in [-0.05, 0) is 60.2 Å². The average molecular weight is 518 g/mol. The second kappa shape index (κ2) is 9.77. The van der Waals surface area contributed by atoms with Gasteiger partial charge in [0.05, 0.1) is 10.7 Å². The molecule has 0 spiro atoms. The third-order valence-electron chi connectivity index (χ3n) is 4.89. The number of urea groups is 1. The maximum atomic E-state index is 13.0. The number of carbonyl (C=O) groups is 3. The van der Waals surface area contributed by atoms with Crippen molar-refractivity contribution in [1.82, 2.24) is 5.32 Å². The van der Waals surface area contributed by atoms with Crippen LogP contribution in [-0.2, 0) is 16.2 Å². The van der Waals surface area contributed by atoms with E-state index in [0.29, 0.717) is 21.4 Å². The smallest absolute Gasteiger partial charge is 0.335 e. The SMILES string of the molecule is O=C1NC(=O)N(c2ccc(OCc3ccc(Cl)cc3Cl)cc2)C(=O)/C1=C/c1ccc(O)c(Cl)c1. The molecule has 0 atom stereocenters. The number of hydrogen-bond donors (Lipinski definition) is 2. The molecule has 3 aromatic carbocycles. The number of phenols is 1. The van der Waals surface area contributed by atoms with E-state index in [4.69, 9.17) is 39.5 Å². The summed E-state index contributed by atoms with van der Waals surface area (Å²) in [7, 11) is 0. The van der Waals surface area contributed by atoms with Crippen LogP contribution in [0, 0.1) is 0 Å². The highest BCUT2D eigenvalue weighted by molar-refractivity contribution is 6.39. The number of phenolic OH excluding ortho intramolecular Hbond substituents is 1. The van der Waals surface area contributed by atoms with Gasteiger partial charge < -0.3 is 9.84 Å². The van der Waals surface area contributed by atoms with Crippen LogP contribution in [0.2, 0.25) is 15.1 Å². The fraction of sp³-hybridized carbons (Fsp3) is 0.0417. The lowest BCUT2D eigenvalue weighted by molar-refractivity contribution is -0.122. The third-order valence-corrected chi connectivity index (χ3v) is 5.78. The fourth-order valence-electron chi connectivity index (χ4n) is 3.16. The Kier molecular flexibility index (Phi) is 6.79. The molecule has 0 bridgehead atoms. The summed E-state index contributed by atoms with van der Waals surface area (Å²) in [5, 5.41) is 12.7. The molecule has 1 heterocycles. The number of halogens is 3. The summed E-state index contributed by atoms with van der Waals surface area (Å²) < 4.78 is 5.72. The highest BCUT2D eigenvalue weighted by Crippen LogP contribution is 2.28. The van der Waals surface area contributed by atoms with Crippen LogP contribution in [0.25, 0.3) is 6.08 Å². The summed E-state index contributed by atoms with van der Waals surface area (Å²) >= 11 is 17.9. The first-order valence-corrected chi connectivity index (χ1v) is 10.9. The minimum absolute atomic E-state index is 0.0569. The molecule has 172 valence electrons. The number of hydrogen-bond acceptors (Lipinski definition) is 5. The summed E-state index contributed by atoms with van der Waals surface area (Å²) in [5.41, 5.74) is 1.11. The van der Waals surface area contributed by atoms with Gasteiger partial charge in [-0.2, -0.15) is 0 Å². The number of imide groups is 2. The van der Waals surface area contributed by atoms with Gasteiger partial charge in [0.25, 0.3) is 11.8 Å². The molecule has 0 radical (unpaired) electrons. The quantitative estimate of drug-likeness (QED) is 0.339. The number of amides is 4. The van der Waals surface area contributed by atoms with Crippen LogP contribution in [0.1, 0.15) is 11.1 Å². The van der Waals surface area contributed by atoms with E-state index < -0.39 is 17.8 Å². The molecule has 0 aromatic heterocycles. The van der Waals surface area contributed by atoms with Gasteiger partial charge in [-0.15, -0.1) is 0 Å². The Morgan fingerprint density at radius 3 is 2.32 bits per heavy atom. The predicted molar refractivity (Wildman–Crippen MR) is 129 cm³/mol. The maximum Gasteiger partial charge on any atom is 0.335 e. The molecule has 34 heavy (non-hydrogen) atoms. The topological polar surface area (TPSA) is 95.9 Å². The van der Waals surface area contributed by atoms with Crippen molar-refractivity contribution in [2.45, 2.75) is 6.61 Å². The van der Waals surface area contributed by atoms with Crippen LogP contribution >= 0.6 is 34.8 Å². The minimum atomic E-state index is -0.877. The van der Waals surface area contributed by atoms with E-state index in [0.717, 1.165) is 10.5 Å². The van der Waals surface area contributed by atoms with Crippen molar-refractivity contribution < 1.29 is 24.2 Å². The number of nitrogens with one attached hydrogen (secondary N) is 1. The summed E-state index contributed by atoms with van der Waals surface area (Å²) in [5.74, 6) is -1.30. The summed E-state index contributed by atoms with van der Waals surface area (Å²) in [6, 6.07) is 14.6. The Hall–Kier alpha value is -3.52. The van der Waals surface area contributed by atoms with E-state index in [1.807, 2.05) is 0 Å². The molecule has 1 aliphatic rings. The van der Waals surface area contributed by atoms with Gasteiger partial charge in [-0.25, -0.2) is 9.69 Å². The van der Waals surface area contributed by atoms with E-state index in [1.54, 1.807) is 30.3 Å². The zero-order chi connectivity index (χ0) is 24.4. The average Bonchev–Trinajstić information content (AvgIpc) is 2.79. The van der Waals surface area contributed by atoms with Crippen molar-refractivity contribution in [1.29, 1.82) is 0 Å². The lowest BCUT2D eigenvalue weighted by atomic mass is 10.1. The number of nitrogens with zero attached hydrogens (tertiary/aromatic N) is 1. The number of barbiturate groups is 1. The molecule has 0 aliphatic carbocycles. The van der Waals surface area contributed by atoms with Gasteiger partial charge in [0.2, 0.25) is 0 Å². The lowest BCUT2D eigenvalue weighted by Gasteiger charge is -2.26. The van der Waals surface area contributed by atoms with Crippen molar-refractivity contribution in [3.63, 3.8) is 0 Å². The van der Waals surface area contributed by atoms with E-state index in [-0.39, 0.29) is 28.6 Å². The Morgan fingerprint density at radius 1 is 0.912 bits per heavy atom. The second-order valence-electron chi connectivity index (χ2n) is 7.19. The molecule has 1 fully saturated rings. The molecule has 7 nitrogen and oxygen atoms in total. The lowest BCUT2D eigenvalue weighted by Crippen LogP contribution is -2.54. The largest absolute Gasteiger partial charge is 0.506 e. The Bertz CT molecular complexity index is 1340. The molecule has 0 unspecified atom stereocenters. The number of ether oxygens (including phenoxy) is 1. The van der Waals surface area contributed by atoms with Crippen LogP contribution in [0.5, 0.6) is 11.5 Å². The Balaban J connectivity index is 1.53. The molecule has 1 aliphatic heterocycles. The van der Waals surface area contributed by atoms with Gasteiger partial charge in [0.1, 0.15) is 23.7 Å². The first kappa shape index (κ1) is 23.6. The molecule has 10 heteroatoms. The van der Waals surface area contributed by atoms with E-state index >= 15 is 0 Å².